The number of nitrogens with two attached hydrogens (primary N) is 1. The van der Waals surface area contributed by atoms with E-state index in [1.54, 1.807) is 0 Å². The second-order valence-corrected chi connectivity index (χ2v) is 5.47. The summed E-state index contributed by atoms with van der Waals surface area (Å²) >= 11 is 0. The van der Waals surface area contributed by atoms with Gasteiger partial charge in [-0.2, -0.15) is 0 Å². The molecule has 22 heavy (non-hydrogen) atoms. The molecule has 0 saturated heterocycles. The third-order valence-electron chi connectivity index (χ3n) is 4.22. The summed E-state index contributed by atoms with van der Waals surface area (Å²) in [7, 11) is 0. The minimum absolute atomic E-state index is 0.0737. The highest BCUT2D eigenvalue weighted by atomic mass is 16.2. The third-order valence-corrected chi connectivity index (χ3v) is 4.22. The van der Waals surface area contributed by atoms with Crippen LogP contribution in [0.15, 0.2) is 60.3 Å². The third kappa shape index (κ3) is 2.19. The van der Waals surface area contributed by atoms with Gasteiger partial charge in [0.05, 0.1) is 6.04 Å². The first kappa shape index (κ1) is 14.4. The Morgan fingerprint density at radius 1 is 1.18 bits per heavy atom. The average molecular weight is 292 g/mol. The summed E-state index contributed by atoms with van der Waals surface area (Å²) in [4.78, 5) is 14.8. The van der Waals surface area contributed by atoms with Crippen LogP contribution in [0, 0.1) is 0 Å². The van der Waals surface area contributed by atoms with Crippen molar-refractivity contribution in [3.63, 3.8) is 0 Å². The molecule has 1 aliphatic heterocycles. The lowest BCUT2D eigenvalue weighted by Crippen LogP contribution is -2.27. The van der Waals surface area contributed by atoms with E-state index in [0.29, 0.717) is 0 Å². The van der Waals surface area contributed by atoms with Crippen molar-refractivity contribution < 1.29 is 4.79 Å². The lowest BCUT2D eigenvalue weighted by molar-refractivity contribution is 0.0800. The average Bonchev–Trinajstić information content (AvgIpc) is 2.84. The number of allylic oxidation sites excluding steroid dienone is 2. The van der Waals surface area contributed by atoms with E-state index in [9.17, 15) is 4.79 Å². The van der Waals surface area contributed by atoms with Crippen LogP contribution >= 0.6 is 0 Å². The van der Waals surface area contributed by atoms with E-state index < -0.39 is 0 Å². The van der Waals surface area contributed by atoms with Crippen molar-refractivity contribution >= 4 is 11.6 Å². The van der Waals surface area contributed by atoms with Gasteiger partial charge in [-0.05, 0) is 42.7 Å². The van der Waals surface area contributed by atoms with Crippen molar-refractivity contribution in [1.82, 2.24) is 4.90 Å². The summed E-state index contributed by atoms with van der Waals surface area (Å²) in [6.07, 6.45) is 2.84. The first-order valence-corrected chi connectivity index (χ1v) is 7.60. The summed E-state index contributed by atoms with van der Waals surface area (Å²) in [6, 6.07) is 15.6. The Kier molecular flexibility index (Phi) is 3.72. The van der Waals surface area contributed by atoms with Gasteiger partial charge in [-0.1, -0.05) is 43.3 Å². The summed E-state index contributed by atoms with van der Waals surface area (Å²) < 4.78 is 0. The van der Waals surface area contributed by atoms with Crippen molar-refractivity contribution in [2.24, 2.45) is 0 Å². The van der Waals surface area contributed by atoms with Crippen molar-refractivity contribution in [1.29, 1.82) is 0 Å². The fraction of sp³-hybridized carbons (Fsp3) is 0.211. The highest BCUT2D eigenvalue weighted by Gasteiger charge is 2.38. The normalized spacial score (nSPS) is 17.7. The van der Waals surface area contributed by atoms with Gasteiger partial charge in [0.2, 0.25) is 0 Å². The molecule has 2 aromatic rings. The fourth-order valence-corrected chi connectivity index (χ4v) is 3.13. The van der Waals surface area contributed by atoms with E-state index >= 15 is 0 Å². The van der Waals surface area contributed by atoms with Crippen LogP contribution in [0.2, 0.25) is 0 Å². The topological polar surface area (TPSA) is 46.3 Å². The highest BCUT2D eigenvalue weighted by Crippen LogP contribution is 2.41. The molecule has 1 unspecified atom stereocenters. The number of carbonyl (C=O) groups excluding carboxylic acids is 1. The SMILES string of the molecule is C/C=C(\CC)N1C(=O)c2ccccc2C1c1ccc(N)cc1. The molecule has 1 amide bonds. The molecule has 2 aromatic carbocycles. The van der Waals surface area contributed by atoms with Crippen molar-refractivity contribution in [2.75, 3.05) is 5.73 Å². The number of fused-ring (bicyclic) bond motifs is 1. The Balaban J connectivity index is 2.17. The molecular formula is C19H20N2O. The maximum absolute atomic E-state index is 12.9. The first-order valence-electron chi connectivity index (χ1n) is 7.60. The minimum Gasteiger partial charge on any atom is -0.399 e. The molecule has 0 aromatic heterocycles. The maximum atomic E-state index is 12.9. The standard InChI is InChI=1S/C19H20N2O/c1-3-15(4-2)21-18(13-9-11-14(20)12-10-13)16-7-5-6-8-17(16)19(21)22/h3,5-12,18H,4,20H2,1-2H3/b15-3+. The van der Waals surface area contributed by atoms with Crippen LogP contribution in [-0.2, 0) is 0 Å². The molecule has 3 nitrogen and oxygen atoms in total. The summed E-state index contributed by atoms with van der Waals surface area (Å²) in [5.74, 6) is 0.0763. The second kappa shape index (κ2) is 5.68. The summed E-state index contributed by atoms with van der Waals surface area (Å²) in [5, 5.41) is 0. The molecule has 2 N–H and O–H groups in total. The number of hydrogen-bond donors (Lipinski definition) is 1. The Hall–Kier alpha value is -2.55. The van der Waals surface area contributed by atoms with Gasteiger partial charge in [-0.3, -0.25) is 4.79 Å². The number of carbonyl (C=O) groups is 1. The summed E-state index contributed by atoms with van der Waals surface area (Å²) in [5.41, 5.74) is 10.5. The van der Waals surface area contributed by atoms with E-state index in [-0.39, 0.29) is 11.9 Å². The molecule has 0 spiro atoms. The molecule has 1 heterocycles. The lowest BCUT2D eigenvalue weighted by atomic mass is 9.97. The number of anilines is 1. The van der Waals surface area contributed by atoms with Gasteiger partial charge in [-0.15, -0.1) is 0 Å². The largest absolute Gasteiger partial charge is 0.399 e. The van der Waals surface area contributed by atoms with Gasteiger partial charge in [0, 0.05) is 16.9 Å². The second-order valence-electron chi connectivity index (χ2n) is 5.47. The van der Waals surface area contributed by atoms with Crippen LogP contribution in [0.25, 0.3) is 0 Å². The zero-order chi connectivity index (χ0) is 15.7. The van der Waals surface area contributed by atoms with Crippen molar-refractivity contribution in [3.8, 4) is 0 Å². The Labute approximate surface area is 131 Å². The smallest absolute Gasteiger partial charge is 0.259 e. The quantitative estimate of drug-likeness (QED) is 0.865. The fourth-order valence-electron chi connectivity index (χ4n) is 3.13. The first-order chi connectivity index (χ1) is 10.7. The van der Waals surface area contributed by atoms with Gasteiger partial charge in [0.15, 0.2) is 0 Å². The van der Waals surface area contributed by atoms with E-state index in [4.69, 9.17) is 5.73 Å². The van der Waals surface area contributed by atoms with Crippen LogP contribution in [0.3, 0.4) is 0 Å². The van der Waals surface area contributed by atoms with E-state index in [0.717, 1.165) is 34.5 Å². The number of nitrogens with zero attached hydrogens (tertiary/aromatic N) is 1. The zero-order valence-corrected chi connectivity index (χ0v) is 12.9. The van der Waals surface area contributed by atoms with Crippen molar-refractivity contribution in [2.45, 2.75) is 26.3 Å². The van der Waals surface area contributed by atoms with Crippen LogP contribution in [0.1, 0.15) is 47.8 Å². The molecule has 0 radical (unpaired) electrons. The molecule has 3 rings (SSSR count). The molecule has 0 saturated carbocycles. The zero-order valence-electron chi connectivity index (χ0n) is 12.9. The molecule has 3 heteroatoms. The van der Waals surface area contributed by atoms with Crippen LogP contribution < -0.4 is 5.73 Å². The van der Waals surface area contributed by atoms with E-state index in [1.165, 1.54) is 0 Å². The Bertz CT molecular complexity index is 731. The number of nitrogen functional groups attached to an aromatic ring is 1. The molecule has 1 atom stereocenters. The van der Waals surface area contributed by atoms with E-state index in [2.05, 4.69) is 6.92 Å². The predicted octanol–water partition coefficient (Wildman–Crippen LogP) is 4.13. The maximum Gasteiger partial charge on any atom is 0.259 e. The number of hydrogen-bond acceptors (Lipinski definition) is 2. The molecule has 0 aliphatic carbocycles. The van der Waals surface area contributed by atoms with Crippen LogP contribution in [0.5, 0.6) is 0 Å². The number of amides is 1. The van der Waals surface area contributed by atoms with Gasteiger partial charge in [0.25, 0.3) is 5.91 Å². The monoisotopic (exact) mass is 292 g/mol. The number of benzene rings is 2. The Morgan fingerprint density at radius 3 is 2.50 bits per heavy atom. The lowest BCUT2D eigenvalue weighted by Gasteiger charge is -2.28. The predicted molar refractivity (Wildman–Crippen MR) is 89.4 cm³/mol. The van der Waals surface area contributed by atoms with Gasteiger partial charge in [-0.25, -0.2) is 0 Å². The van der Waals surface area contributed by atoms with Crippen LogP contribution in [-0.4, -0.2) is 10.8 Å². The molecule has 112 valence electrons. The van der Waals surface area contributed by atoms with Gasteiger partial charge in [0.1, 0.15) is 0 Å². The molecule has 1 aliphatic rings. The van der Waals surface area contributed by atoms with Crippen LogP contribution in [0.4, 0.5) is 5.69 Å². The van der Waals surface area contributed by atoms with Crippen molar-refractivity contribution in [3.05, 3.63) is 77.0 Å². The molecule has 0 bridgehead atoms. The van der Waals surface area contributed by atoms with E-state index in [1.807, 2.05) is 66.4 Å². The minimum atomic E-state index is -0.0737. The Morgan fingerprint density at radius 2 is 1.86 bits per heavy atom. The number of rotatable bonds is 3. The summed E-state index contributed by atoms with van der Waals surface area (Å²) in [6.45, 7) is 4.06. The molecule has 0 fully saturated rings. The van der Waals surface area contributed by atoms with Gasteiger partial charge < -0.3 is 10.6 Å². The van der Waals surface area contributed by atoms with Gasteiger partial charge >= 0.3 is 0 Å². The molecular weight excluding hydrogens is 272 g/mol. The highest BCUT2D eigenvalue weighted by molar-refractivity contribution is 6.00.